The van der Waals surface area contributed by atoms with E-state index in [1.165, 1.54) is 24.3 Å². The summed E-state index contributed by atoms with van der Waals surface area (Å²) in [5.74, 6) is 0.164. The predicted molar refractivity (Wildman–Crippen MR) is 74.0 cm³/mol. The van der Waals surface area contributed by atoms with Gasteiger partial charge in [-0.1, -0.05) is 0 Å². The summed E-state index contributed by atoms with van der Waals surface area (Å²) in [5, 5.41) is 0. The van der Waals surface area contributed by atoms with Crippen molar-refractivity contribution < 1.29 is 23.0 Å². The van der Waals surface area contributed by atoms with Crippen LogP contribution in [0.5, 0.6) is 5.75 Å². The average molecular weight is 320 g/mol. The number of ether oxygens (including phenoxy) is 2. The molecular formula is C14H16ClF2NO3. The monoisotopic (exact) mass is 319 g/mol. The number of rotatable bonds is 4. The minimum atomic E-state index is -2.88. The lowest BCUT2D eigenvalue weighted by atomic mass is 10.1. The minimum Gasteiger partial charge on any atom is -0.435 e. The molecule has 1 aromatic rings. The van der Waals surface area contributed by atoms with Gasteiger partial charge in [0.2, 0.25) is 0 Å². The molecule has 2 atom stereocenters. The SMILES string of the molecule is CC1COC(CCl)CN1C(=O)c1ccc(OC(F)F)cc1. The van der Waals surface area contributed by atoms with Crippen LogP contribution in [0.3, 0.4) is 0 Å². The molecule has 1 amide bonds. The van der Waals surface area contributed by atoms with Crippen LogP contribution in [0.25, 0.3) is 0 Å². The summed E-state index contributed by atoms with van der Waals surface area (Å²) >= 11 is 5.76. The zero-order valence-electron chi connectivity index (χ0n) is 11.5. The van der Waals surface area contributed by atoms with Gasteiger partial charge in [0.1, 0.15) is 5.75 Å². The van der Waals surface area contributed by atoms with Gasteiger partial charge in [0.25, 0.3) is 5.91 Å². The van der Waals surface area contributed by atoms with E-state index in [2.05, 4.69) is 4.74 Å². The van der Waals surface area contributed by atoms with Crippen molar-refractivity contribution in [1.82, 2.24) is 4.90 Å². The van der Waals surface area contributed by atoms with Gasteiger partial charge in [-0.25, -0.2) is 0 Å². The Morgan fingerprint density at radius 1 is 1.48 bits per heavy atom. The molecule has 1 heterocycles. The highest BCUT2D eigenvalue weighted by Crippen LogP contribution is 2.19. The summed E-state index contributed by atoms with van der Waals surface area (Å²) in [5.41, 5.74) is 0.415. The second kappa shape index (κ2) is 7.04. The summed E-state index contributed by atoms with van der Waals surface area (Å²) in [6.07, 6.45) is -0.187. The van der Waals surface area contributed by atoms with E-state index in [9.17, 15) is 13.6 Å². The molecule has 1 aliphatic heterocycles. The molecule has 0 saturated carbocycles. The van der Waals surface area contributed by atoms with E-state index in [1.807, 2.05) is 6.92 Å². The van der Waals surface area contributed by atoms with Gasteiger partial charge in [-0.05, 0) is 31.2 Å². The molecule has 0 aromatic heterocycles. The number of alkyl halides is 3. The molecule has 21 heavy (non-hydrogen) atoms. The lowest BCUT2D eigenvalue weighted by molar-refractivity contribution is -0.0498. The largest absolute Gasteiger partial charge is 0.435 e. The zero-order valence-corrected chi connectivity index (χ0v) is 12.2. The Morgan fingerprint density at radius 3 is 2.71 bits per heavy atom. The molecule has 0 bridgehead atoms. The van der Waals surface area contributed by atoms with E-state index in [4.69, 9.17) is 16.3 Å². The average Bonchev–Trinajstić information content (AvgIpc) is 2.47. The molecule has 0 N–H and O–H groups in total. The highest BCUT2D eigenvalue weighted by Gasteiger charge is 2.29. The summed E-state index contributed by atoms with van der Waals surface area (Å²) in [7, 11) is 0. The first-order valence-electron chi connectivity index (χ1n) is 6.54. The molecular weight excluding hydrogens is 304 g/mol. The number of benzene rings is 1. The summed E-state index contributed by atoms with van der Waals surface area (Å²) in [6, 6.07) is 5.58. The minimum absolute atomic E-state index is 0.0233. The van der Waals surface area contributed by atoms with E-state index < -0.39 is 6.61 Å². The van der Waals surface area contributed by atoms with E-state index in [0.717, 1.165) is 0 Å². The van der Waals surface area contributed by atoms with Crippen molar-refractivity contribution >= 4 is 17.5 Å². The summed E-state index contributed by atoms with van der Waals surface area (Å²) in [4.78, 5) is 14.1. The molecule has 0 spiro atoms. The Balaban J connectivity index is 2.07. The van der Waals surface area contributed by atoms with Crippen molar-refractivity contribution in [2.24, 2.45) is 0 Å². The van der Waals surface area contributed by atoms with Crippen molar-refractivity contribution in [3.8, 4) is 5.75 Å². The maximum absolute atomic E-state index is 12.4. The van der Waals surface area contributed by atoms with Crippen LogP contribution in [-0.2, 0) is 4.74 Å². The van der Waals surface area contributed by atoms with Gasteiger partial charge >= 0.3 is 6.61 Å². The van der Waals surface area contributed by atoms with E-state index in [-0.39, 0.29) is 23.8 Å². The third kappa shape index (κ3) is 4.04. The van der Waals surface area contributed by atoms with Crippen molar-refractivity contribution in [2.45, 2.75) is 25.7 Å². The maximum atomic E-state index is 12.4. The Morgan fingerprint density at radius 2 is 2.14 bits per heavy atom. The number of carbonyl (C=O) groups excluding carboxylic acids is 1. The van der Waals surface area contributed by atoms with Gasteiger partial charge in [0.15, 0.2) is 0 Å². The Hall–Kier alpha value is -1.40. The third-order valence-corrected chi connectivity index (χ3v) is 3.61. The molecule has 1 aliphatic rings. The Kier molecular flexibility index (Phi) is 5.36. The lowest BCUT2D eigenvalue weighted by Gasteiger charge is -2.37. The number of nitrogens with zero attached hydrogens (tertiary/aromatic N) is 1. The number of hydrogen-bond acceptors (Lipinski definition) is 3. The topological polar surface area (TPSA) is 38.8 Å². The normalized spacial score (nSPS) is 22.4. The molecule has 2 rings (SSSR count). The number of morpholine rings is 1. The van der Waals surface area contributed by atoms with Crippen molar-refractivity contribution in [3.63, 3.8) is 0 Å². The van der Waals surface area contributed by atoms with Crippen LogP contribution in [0.2, 0.25) is 0 Å². The van der Waals surface area contributed by atoms with Crippen LogP contribution in [0, 0.1) is 0 Å². The number of carbonyl (C=O) groups is 1. The van der Waals surface area contributed by atoms with Gasteiger partial charge < -0.3 is 14.4 Å². The van der Waals surface area contributed by atoms with Crippen molar-refractivity contribution in [3.05, 3.63) is 29.8 Å². The lowest BCUT2D eigenvalue weighted by Crippen LogP contribution is -2.51. The van der Waals surface area contributed by atoms with Gasteiger partial charge in [-0.3, -0.25) is 4.79 Å². The Bertz CT molecular complexity index is 484. The first kappa shape index (κ1) is 16.0. The van der Waals surface area contributed by atoms with E-state index in [0.29, 0.717) is 24.6 Å². The molecule has 4 nitrogen and oxygen atoms in total. The van der Waals surface area contributed by atoms with Crippen molar-refractivity contribution in [2.75, 3.05) is 19.0 Å². The van der Waals surface area contributed by atoms with Crippen molar-refractivity contribution in [1.29, 1.82) is 0 Å². The van der Waals surface area contributed by atoms with Crippen LogP contribution in [0.15, 0.2) is 24.3 Å². The first-order valence-corrected chi connectivity index (χ1v) is 7.08. The predicted octanol–water partition coefficient (Wildman–Crippen LogP) is 2.76. The fourth-order valence-corrected chi connectivity index (χ4v) is 2.33. The molecule has 0 radical (unpaired) electrons. The van der Waals surface area contributed by atoms with Crippen LogP contribution in [-0.4, -0.2) is 48.6 Å². The van der Waals surface area contributed by atoms with Crippen LogP contribution < -0.4 is 4.74 Å². The zero-order chi connectivity index (χ0) is 15.4. The molecule has 7 heteroatoms. The van der Waals surface area contributed by atoms with Gasteiger partial charge in [-0.2, -0.15) is 8.78 Å². The quantitative estimate of drug-likeness (QED) is 0.801. The number of amides is 1. The first-order chi connectivity index (χ1) is 10.0. The number of hydrogen-bond donors (Lipinski definition) is 0. The Labute approximate surface area is 126 Å². The van der Waals surface area contributed by atoms with E-state index in [1.54, 1.807) is 4.90 Å². The highest BCUT2D eigenvalue weighted by molar-refractivity contribution is 6.18. The number of halogens is 3. The molecule has 1 saturated heterocycles. The second-order valence-electron chi connectivity index (χ2n) is 4.82. The molecule has 116 valence electrons. The smallest absolute Gasteiger partial charge is 0.387 e. The molecule has 2 unspecified atom stereocenters. The summed E-state index contributed by atoms with van der Waals surface area (Å²) < 4.78 is 33.9. The molecule has 0 aliphatic carbocycles. The standard InChI is InChI=1S/C14H16ClF2NO3/c1-9-8-20-12(6-15)7-18(9)13(19)10-2-4-11(5-3-10)21-14(16)17/h2-5,9,12,14H,6-8H2,1H3. The van der Waals surface area contributed by atoms with Crippen LogP contribution >= 0.6 is 11.6 Å². The maximum Gasteiger partial charge on any atom is 0.387 e. The molecule has 1 aromatic carbocycles. The van der Waals surface area contributed by atoms with Gasteiger partial charge in [0, 0.05) is 12.1 Å². The third-order valence-electron chi connectivity index (χ3n) is 3.26. The van der Waals surface area contributed by atoms with Gasteiger partial charge in [0.05, 0.1) is 24.6 Å². The fraction of sp³-hybridized carbons (Fsp3) is 0.500. The highest BCUT2D eigenvalue weighted by atomic mass is 35.5. The summed E-state index contributed by atoms with van der Waals surface area (Å²) in [6.45, 7) is -0.152. The van der Waals surface area contributed by atoms with Crippen LogP contribution in [0.4, 0.5) is 8.78 Å². The fourth-order valence-electron chi connectivity index (χ4n) is 2.14. The second-order valence-corrected chi connectivity index (χ2v) is 5.13. The van der Waals surface area contributed by atoms with Gasteiger partial charge in [-0.15, -0.1) is 11.6 Å². The molecule has 1 fully saturated rings. The van der Waals surface area contributed by atoms with Crippen LogP contribution in [0.1, 0.15) is 17.3 Å². The van der Waals surface area contributed by atoms with E-state index >= 15 is 0 Å².